The summed E-state index contributed by atoms with van der Waals surface area (Å²) < 4.78 is 10.7. The van der Waals surface area contributed by atoms with E-state index in [-0.39, 0.29) is 17.2 Å². The zero-order valence-electron chi connectivity index (χ0n) is 16.3. The van der Waals surface area contributed by atoms with E-state index in [0.717, 1.165) is 5.69 Å². The highest BCUT2D eigenvalue weighted by Crippen LogP contribution is 2.29. The molecule has 8 heteroatoms. The van der Waals surface area contributed by atoms with Crippen LogP contribution in [0.5, 0.6) is 11.5 Å². The molecule has 0 bridgehead atoms. The van der Waals surface area contributed by atoms with Crippen LogP contribution in [0.25, 0.3) is 0 Å². The summed E-state index contributed by atoms with van der Waals surface area (Å²) in [6, 6.07) is 14.9. The molecule has 3 rings (SSSR count). The Morgan fingerprint density at radius 3 is 2.60 bits per heavy atom. The zero-order chi connectivity index (χ0) is 21.5. The van der Waals surface area contributed by atoms with Crippen LogP contribution in [0.15, 0.2) is 65.9 Å². The van der Waals surface area contributed by atoms with Gasteiger partial charge in [0.25, 0.3) is 5.91 Å². The maximum Gasteiger partial charge on any atom is 0.345 e. The number of hydrazone groups is 1. The van der Waals surface area contributed by atoms with Gasteiger partial charge in [-0.15, -0.1) is 0 Å². The Labute approximate surface area is 178 Å². The number of rotatable bonds is 6. The van der Waals surface area contributed by atoms with Gasteiger partial charge < -0.3 is 9.47 Å². The maximum absolute atomic E-state index is 12.3. The van der Waals surface area contributed by atoms with Crippen molar-refractivity contribution in [2.45, 2.75) is 6.92 Å². The predicted molar refractivity (Wildman–Crippen MR) is 113 cm³/mol. The van der Waals surface area contributed by atoms with Gasteiger partial charge in [0.1, 0.15) is 0 Å². The number of nitrogens with one attached hydrogen (secondary N) is 1. The summed E-state index contributed by atoms with van der Waals surface area (Å²) in [5.74, 6) is -0.418. The van der Waals surface area contributed by atoms with Crippen molar-refractivity contribution in [3.05, 3.63) is 88.2 Å². The predicted octanol–water partition coefficient (Wildman–Crippen LogP) is 4.04. The number of pyridine rings is 1. The quantitative estimate of drug-likeness (QED) is 0.280. The van der Waals surface area contributed by atoms with Gasteiger partial charge in [0.15, 0.2) is 11.5 Å². The maximum atomic E-state index is 12.3. The SMILES string of the molecule is COc1cc(/C=N\NC(=O)c2ccc(C)nc2)ccc1OC(=O)c1ccccc1Cl. The third kappa shape index (κ3) is 5.21. The Hall–Kier alpha value is -3.71. The second kappa shape index (κ2) is 9.67. The summed E-state index contributed by atoms with van der Waals surface area (Å²) in [4.78, 5) is 28.5. The minimum atomic E-state index is -0.598. The van der Waals surface area contributed by atoms with Crippen molar-refractivity contribution in [1.29, 1.82) is 0 Å². The van der Waals surface area contributed by atoms with Crippen molar-refractivity contribution in [2.75, 3.05) is 7.11 Å². The lowest BCUT2D eigenvalue weighted by Crippen LogP contribution is -2.17. The van der Waals surface area contributed by atoms with Gasteiger partial charge in [-0.05, 0) is 55.0 Å². The van der Waals surface area contributed by atoms with Gasteiger partial charge in [-0.1, -0.05) is 23.7 Å². The number of aryl methyl sites for hydroxylation is 1. The van der Waals surface area contributed by atoms with E-state index in [1.54, 1.807) is 54.6 Å². The Morgan fingerprint density at radius 2 is 1.90 bits per heavy atom. The fraction of sp³-hybridized carbons (Fsp3) is 0.0909. The fourth-order valence-corrected chi connectivity index (χ4v) is 2.68. The summed E-state index contributed by atoms with van der Waals surface area (Å²) in [6.07, 6.45) is 2.92. The second-order valence-electron chi connectivity index (χ2n) is 6.17. The van der Waals surface area contributed by atoms with Crippen LogP contribution in [0.3, 0.4) is 0 Å². The fourth-order valence-electron chi connectivity index (χ4n) is 2.46. The number of aromatic nitrogens is 1. The first-order valence-electron chi connectivity index (χ1n) is 8.88. The molecule has 0 fully saturated rings. The van der Waals surface area contributed by atoms with Gasteiger partial charge in [-0.3, -0.25) is 9.78 Å². The average Bonchev–Trinajstić information content (AvgIpc) is 2.75. The van der Waals surface area contributed by atoms with E-state index < -0.39 is 5.97 Å². The van der Waals surface area contributed by atoms with Crippen LogP contribution in [0.4, 0.5) is 0 Å². The number of carbonyl (C=O) groups excluding carboxylic acids is 2. The molecular weight excluding hydrogens is 406 g/mol. The number of nitrogens with zero attached hydrogens (tertiary/aromatic N) is 2. The molecule has 7 nitrogen and oxygen atoms in total. The zero-order valence-corrected chi connectivity index (χ0v) is 17.0. The number of methoxy groups -OCH3 is 1. The molecule has 0 saturated carbocycles. The van der Waals surface area contributed by atoms with Crippen LogP contribution < -0.4 is 14.9 Å². The summed E-state index contributed by atoms with van der Waals surface area (Å²) in [5.41, 5.74) is 4.53. The first-order valence-corrected chi connectivity index (χ1v) is 9.26. The number of amides is 1. The van der Waals surface area contributed by atoms with Crippen molar-refractivity contribution in [3.63, 3.8) is 0 Å². The lowest BCUT2D eigenvalue weighted by molar-refractivity contribution is 0.0729. The first-order chi connectivity index (χ1) is 14.5. The normalized spacial score (nSPS) is 10.6. The molecule has 0 spiro atoms. The van der Waals surface area contributed by atoms with E-state index in [9.17, 15) is 9.59 Å². The molecular formula is C22H18ClN3O4. The van der Waals surface area contributed by atoms with Crippen LogP contribution in [0.1, 0.15) is 32.0 Å². The van der Waals surface area contributed by atoms with Gasteiger partial charge in [-0.2, -0.15) is 5.10 Å². The molecule has 1 aromatic heterocycles. The second-order valence-corrected chi connectivity index (χ2v) is 6.57. The number of ether oxygens (including phenoxy) is 2. The molecule has 2 aromatic carbocycles. The molecule has 0 saturated heterocycles. The van der Waals surface area contributed by atoms with Gasteiger partial charge >= 0.3 is 5.97 Å². The van der Waals surface area contributed by atoms with E-state index >= 15 is 0 Å². The number of hydrogen-bond donors (Lipinski definition) is 1. The number of halogens is 1. The summed E-state index contributed by atoms with van der Waals surface area (Å²) in [7, 11) is 1.45. The third-order valence-electron chi connectivity index (χ3n) is 4.04. The minimum absolute atomic E-state index is 0.231. The molecule has 3 aromatic rings. The van der Waals surface area contributed by atoms with Gasteiger partial charge in [0.05, 0.1) is 29.5 Å². The lowest BCUT2D eigenvalue weighted by Gasteiger charge is -2.10. The highest BCUT2D eigenvalue weighted by molar-refractivity contribution is 6.33. The molecule has 1 amide bonds. The monoisotopic (exact) mass is 423 g/mol. The van der Waals surface area contributed by atoms with Crippen LogP contribution in [0, 0.1) is 6.92 Å². The van der Waals surface area contributed by atoms with Crippen LogP contribution >= 0.6 is 11.6 Å². The summed E-state index contributed by atoms with van der Waals surface area (Å²) in [5, 5.41) is 4.23. The molecule has 0 aliphatic carbocycles. The number of hydrogen-bond acceptors (Lipinski definition) is 6. The Kier molecular flexibility index (Phi) is 6.77. The number of benzene rings is 2. The molecule has 152 valence electrons. The molecule has 1 N–H and O–H groups in total. The number of carbonyl (C=O) groups is 2. The molecule has 30 heavy (non-hydrogen) atoms. The Balaban J connectivity index is 1.68. The Bertz CT molecular complexity index is 1100. The standard InChI is InChI=1S/C22H18ClN3O4/c1-14-7-9-16(13-24-14)21(27)26-25-12-15-8-10-19(20(11-15)29-2)30-22(28)17-5-3-4-6-18(17)23/h3-13H,1-2H3,(H,26,27)/b25-12-. The lowest BCUT2D eigenvalue weighted by atomic mass is 10.2. The van der Waals surface area contributed by atoms with Gasteiger partial charge in [0.2, 0.25) is 0 Å². The molecule has 1 heterocycles. The number of esters is 1. The van der Waals surface area contributed by atoms with E-state index in [1.165, 1.54) is 19.5 Å². The molecule has 0 atom stereocenters. The van der Waals surface area contributed by atoms with Crippen molar-refractivity contribution in [3.8, 4) is 11.5 Å². The molecule has 0 aliphatic rings. The molecule has 0 radical (unpaired) electrons. The first kappa shape index (κ1) is 21.0. The van der Waals surface area contributed by atoms with Gasteiger partial charge in [0, 0.05) is 11.9 Å². The van der Waals surface area contributed by atoms with E-state index in [0.29, 0.717) is 21.9 Å². The van der Waals surface area contributed by atoms with E-state index in [1.807, 2.05) is 6.92 Å². The highest BCUT2D eigenvalue weighted by Gasteiger charge is 2.15. The smallest absolute Gasteiger partial charge is 0.345 e. The van der Waals surface area contributed by atoms with Crippen molar-refractivity contribution >= 4 is 29.7 Å². The topological polar surface area (TPSA) is 89.9 Å². The van der Waals surface area contributed by atoms with Crippen LogP contribution in [-0.4, -0.2) is 30.2 Å². The van der Waals surface area contributed by atoms with E-state index in [2.05, 4.69) is 15.5 Å². The summed E-state index contributed by atoms with van der Waals surface area (Å²) >= 11 is 6.03. The van der Waals surface area contributed by atoms with Crippen LogP contribution in [0.2, 0.25) is 5.02 Å². The third-order valence-corrected chi connectivity index (χ3v) is 4.37. The highest BCUT2D eigenvalue weighted by atomic mass is 35.5. The largest absolute Gasteiger partial charge is 0.493 e. The van der Waals surface area contributed by atoms with Crippen molar-refractivity contribution in [2.24, 2.45) is 5.10 Å². The van der Waals surface area contributed by atoms with Crippen molar-refractivity contribution in [1.82, 2.24) is 10.4 Å². The summed E-state index contributed by atoms with van der Waals surface area (Å²) in [6.45, 7) is 1.84. The molecule has 0 aliphatic heterocycles. The van der Waals surface area contributed by atoms with Gasteiger partial charge in [-0.25, -0.2) is 10.2 Å². The van der Waals surface area contributed by atoms with E-state index in [4.69, 9.17) is 21.1 Å². The molecule has 0 unspecified atom stereocenters. The minimum Gasteiger partial charge on any atom is -0.493 e. The average molecular weight is 424 g/mol. The Morgan fingerprint density at radius 1 is 1.10 bits per heavy atom. The van der Waals surface area contributed by atoms with Crippen LogP contribution in [-0.2, 0) is 0 Å². The van der Waals surface area contributed by atoms with Crippen molar-refractivity contribution < 1.29 is 19.1 Å².